The Labute approximate surface area is 176 Å². The molecule has 8 nitrogen and oxygen atoms in total. The van der Waals surface area contributed by atoms with E-state index in [-0.39, 0.29) is 42.8 Å². The Bertz CT molecular complexity index is 964. The molecule has 1 saturated heterocycles. The molecule has 1 aromatic rings. The molecule has 1 N–H and O–H groups in total. The van der Waals surface area contributed by atoms with E-state index in [0.29, 0.717) is 5.56 Å². The third-order valence-electron chi connectivity index (χ3n) is 5.56. The number of amides is 2. The summed E-state index contributed by atoms with van der Waals surface area (Å²) < 4.78 is 50.1. The van der Waals surface area contributed by atoms with Crippen molar-refractivity contribution in [2.24, 2.45) is 0 Å². The molecule has 4 atom stereocenters. The lowest BCUT2D eigenvalue weighted by molar-refractivity contribution is -0.185. The van der Waals surface area contributed by atoms with Gasteiger partial charge in [0.25, 0.3) is 5.91 Å². The Morgan fingerprint density at radius 2 is 2.10 bits per heavy atom. The maximum atomic E-state index is 13.0. The molecule has 0 spiro atoms. The molecular weight excluding hydrogens is 417 g/mol. The van der Waals surface area contributed by atoms with Gasteiger partial charge in [-0.3, -0.25) is 9.59 Å². The fourth-order valence-electron chi connectivity index (χ4n) is 3.98. The van der Waals surface area contributed by atoms with Crippen molar-refractivity contribution in [2.45, 2.75) is 49.9 Å². The van der Waals surface area contributed by atoms with Crippen LogP contribution in [0, 0.1) is 0 Å². The molecule has 3 aliphatic rings. The van der Waals surface area contributed by atoms with Crippen LogP contribution in [0.3, 0.4) is 0 Å². The van der Waals surface area contributed by atoms with Crippen molar-refractivity contribution in [3.63, 3.8) is 0 Å². The first kappa shape index (κ1) is 21.4. The van der Waals surface area contributed by atoms with Gasteiger partial charge >= 0.3 is 6.18 Å². The van der Waals surface area contributed by atoms with Gasteiger partial charge in [-0.2, -0.15) is 13.2 Å². The number of carbonyl (C=O) groups is 2. The number of aromatic nitrogens is 2. The van der Waals surface area contributed by atoms with Crippen molar-refractivity contribution in [3.8, 4) is 0 Å². The predicted octanol–water partition coefficient (Wildman–Crippen LogP) is 1.62. The van der Waals surface area contributed by atoms with Crippen LogP contribution in [0.4, 0.5) is 13.2 Å². The number of halogens is 3. The highest BCUT2D eigenvalue weighted by atomic mass is 19.4. The van der Waals surface area contributed by atoms with Crippen LogP contribution in [-0.4, -0.2) is 64.7 Å². The van der Waals surface area contributed by atoms with E-state index in [1.807, 2.05) is 24.3 Å². The minimum Gasteiger partial charge on any atom is -0.369 e. The highest BCUT2D eigenvalue weighted by molar-refractivity contribution is 5.95. The van der Waals surface area contributed by atoms with Crippen LogP contribution < -0.4 is 5.32 Å². The topological polar surface area (TPSA) is 93.7 Å². The maximum Gasteiger partial charge on any atom is 0.392 e. The van der Waals surface area contributed by atoms with Gasteiger partial charge in [0.1, 0.15) is 11.6 Å². The van der Waals surface area contributed by atoms with E-state index in [4.69, 9.17) is 9.47 Å². The SMILES string of the molecule is CN1C(=O)[C@@H](NC(=O)c2ncc3c(n2)C(C)(CC(F)(F)F)OC3)COC2C=CC=CC21. The van der Waals surface area contributed by atoms with E-state index in [0.717, 1.165) is 0 Å². The van der Waals surface area contributed by atoms with Gasteiger partial charge in [-0.05, 0) is 6.92 Å². The van der Waals surface area contributed by atoms with Crippen molar-refractivity contribution in [2.75, 3.05) is 13.7 Å². The Balaban J connectivity index is 1.52. The second-order valence-corrected chi connectivity index (χ2v) is 7.91. The van der Waals surface area contributed by atoms with E-state index in [9.17, 15) is 22.8 Å². The van der Waals surface area contributed by atoms with E-state index in [1.54, 1.807) is 7.05 Å². The second kappa shape index (κ2) is 7.72. The van der Waals surface area contributed by atoms with E-state index >= 15 is 0 Å². The molecule has 31 heavy (non-hydrogen) atoms. The number of allylic oxidation sites excluding steroid dienone is 2. The first-order valence-electron chi connectivity index (χ1n) is 9.69. The summed E-state index contributed by atoms with van der Waals surface area (Å²) in [4.78, 5) is 35.0. The van der Waals surface area contributed by atoms with Gasteiger partial charge in [-0.25, -0.2) is 9.97 Å². The Morgan fingerprint density at radius 3 is 2.84 bits per heavy atom. The number of carbonyl (C=O) groups excluding carboxylic acids is 2. The maximum absolute atomic E-state index is 13.0. The highest BCUT2D eigenvalue weighted by Gasteiger charge is 2.47. The zero-order valence-electron chi connectivity index (χ0n) is 16.8. The molecule has 166 valence electrons. The standard InChI is InChI=1S/C20H21F3N4O4/c1-19(10-20(21,22)23)15-11(8-31-19)7-24-16(26-15)17(28)25-12-9-30-14-6-4-3-5-13(14)27(2)18(12)29/h3-7,12-14H,8-10H2,1-2H3,(H,25,28)/t12-,13?,14?,19?/m0/s1. The third-order valence-corrected chi connectivity index (χ3v) is 5.56. The lowest BCUT2D eigenvalue weighted by Gasteiger charge is -2.29. The van der Waals surface area contributed by atoms with Crippen molar-refractivity contribution < 1.29 is 32.2 Å². The molecule has 1 aliphatic carbocycles. The number of hydrogen-bond acceptors (Lipinski definition) is 6. The summed E-state index contributed by atoms with van der Waals surface area (Å²) in [5, 5.41) is 2.54. The van der Waals surface area contributed by atoms with Gasteiger partial charge in [0.15, 0.2) is 0 Å². The average Bonchev–Trinajstić information content (AvgIpc) is 2.98. The lowest BCUT2D eigenvalue weighted by atomic mass is 9.96. The van der Waals surface area contributed by atoms with E-state index in [1.165, 1.54) is 18.0 Å². The van der Waals surface area contributed by atoms with E-state index < -0.39 is 30.1 Å². The monoisotopic (exact) mass is 438 g/mol. The van der Waals surface area contributed by atoms with Crippen molar-refractivity contribution >= 4 is 11.8 Å². The minimum absolute atomic E-state index is 0.0202. The first-order chi connectivity index (χ1) is 14.6. The molecule has 0 bridgehead atoms. The zero-order valence-corrected chi connectivity index (χ0v) is 16.8. The number of nitrogens with zero attached hydrogens (tertiary/aromatic N) is 3. The van der Waals surface area contributed by atoms with Crippen LogP contribution in [0.25, 0.3) is 0 Å². The number of hydrogen-bond donors (Lipinski definition) is 1. The summed E-state index contributed by atoms with van der Waals surface area (Å²) in [5.74, 6) is -1.47. The van der Waals surface area contributed by atoms with Gasteiger partial charge in [0, 0.05) is 18.8 Å². The normalized spacial score (nSPS) is 30.0. The van der Waals surface area contributed by atoms with Gasteiger partial charge in [0.2, 0.25) is 11.7 Å². The largest absolute Gasteiger partial charge is 0.392 e. The fourth-order valence-corrected chi connectivity index (χ4v) is 3.98. The molecular formula is C20H21F3N4O4. The van der Waals surface area contributed by atoms with Gasteiger partial charge in [0.05, 0.1) is 37.5 Å². The van der Waals surface area contributed by atoms with E-state index in [2.05, 4.69) is 15.3 Å². The number of alkyl halides is 3. The zero-order chi connectivity index (χ0) is 22.4. The average molecular weight is 438 g/mol. The predicted molar refractivity (Wildman–Crippen MR) is 101 cm³/mol. The molecule has 0 aromatic carbocycles. The quantitative estimate of drug-likeness (QED) is 0.771. The number of rotatable bonds is 3. The number of likely N-dealkylation sites (N-methyl/N-ethyl adjacent to an activating group) is 1. The Hall–Kier alpha value is -2.79. The summed E-state index contributed by atoms with van der Waals surface area (Å²) in [7, 11) is 1.61. The molecule has 0 radical (unpaired) electrons. The summed E-state index contributed by atoms with van der Waals surface area (Å²) in [6.07, 6.45) is 2.51. The number of ether oxygens (including phenoxy) is 2. The van der Waals surface area contributed by atoms with Gasteiger partial charge in [-0.1, -0.05) is 24.3 Å². The van der Waals surface area contributed by atoms with Crippen molar-refractivity contribution in [3.05, 3.63) is 47.6 Å². The molecule has 3 heterocycles. The van der Waals surface area contributed by atoms with Crippen LogP contribution >= 0.6 is 0 Å². The minimum atomic E-state index is -4.47. The highest BCUT2D eigenvalue weighted by Crippen LogP contribution is 2.42. The van der Waals surface area contributed by atoms with Crippen LogP contribution in [-0.2, 0) is 26.5 Å². The molecule has 1 fully saturated rings. The Morgan fingerprint density at radius 1 is 1.35 bits per heavy atom. The van der Waals surface area contributed by atoms with Crippen molar-refractivity contribution in [1.29, 1.82) is 0 Å². The Kier molecular flexibility index (Phi) is 5.34. The van der Waals surface area contributed by atoms with Gasteiger partial charge in [-0.15, -0.1) is 0 Å². The smallest absolute Gasteiger partial charge is 0.369 e. The fraction of sp³-hybridized carbons (Fsp3) is 0.500. The molecule has 4 rings (SSSR count). The summed E-state index contributed by atoms with van der Waals surface area (Å²) >= 11 is 0. The van der Waals surface area contributed by atoms with Gasteiger partial charge < -0.3 is 19.7 Å². The first-order valence-corrected chi connectivity index (χ1v) is 9.69. The molecule has 2 amide bonds. The summed E-state index contributed by atoms with van der Waals surface area (Å²) in [6, 6.07) is -1.28. The second-order valence-electron chi connectivity index (χ2n) is 7.91. The molecule has 3 unspecified atom stereocenters. The molecule has 11 heteroatoms. The number of nitrogens with one attached hydrogen (secondary N) is 1. The third kappa shape index (κ3) is 4.19. The summed E-state index contributed by atoms with van der Waals surface area (Å²) in [6.45, 7) is 1.14. The summed E-state index contributed by atoms with van der Waals surface area (Å²) in [5.41, 5.74) is -1.30. The van der Waals surface area contributed by atoms with Crippen LogP contribution in [0.5, 0.6) is 0 Å². The van der Waals surface area contributed by atoms with Crippen LogP contribution in [0.1, 0.15) is 35.2 Å². The molecule has 1 aromatic heterocycles. The lowest BCUT2D eigenvalue weighted by Crippen LogP contribution is -2.50. The number of fused-ring (bicyclic) bond motifs is 2. The molecule has 2 aliphatic heterocycles. The van der Waals surface area contributed by atoms with Crippen LogP contribution in [0.2, 0.25) is 0 Å². The van der Waals surface area contributed by atoms with Crippen molar-refractivity contribution in [1.82, 2.24) is 20.2 Å². The van der Waals surface area contributed by atoms with Crippen LogP contribution in [0.15, 0.2) is 30.5 Å². The molecule has 0 saturated carbocycles.